The van der Waals surface area contributed by atoms with Crippen molar-refractivity contribution in [3.8, 4) is 5.75 Å². The molecule has 1 amide bonds. The number of nitrogens with zero attached hydrogens (tertiary/aromatic N) is 1. The van der Waals surface area contributed by atoms with E-state index in [1.807, 2.05) is 0 Å². The highest BCUT2D eigenvalue weighted by molar-refractivity contribution is 7.22. The van der Waals surface area contributed by atoms with Crippen molar-refractivity contribution in [3.05, 3.63) is 35.2 Å². The van der Waals surface area contributed by atoms with Gasteiger partial charge in [0.25, 0.3) is 5.91 Å². The van der Waals surface area contributed by atoms with Crippen molar-refractivity contribution in [1.29, 1.82) is 0 Å². The van der Waals surface area contributed by atoms with Crippen LogP contribution in [0, 0.1) is 0 Å². The molecule has 0 unspecified atom stereocenters. The van der Waals surface area contributed by atoms with Gasteiger partial charge in [-0.3, -0.25) is 10.1 Å². The first-order valence-electron chi connectivity index (χ1n) is 5.87. The second-order valence-electron chi connectivity index (χ2n) is 4.15. The molecule has 1 aromatic carbocycles. The summed E-state index contributed by atoms with van der Waals surface area (Å²) in [5.74, 6) is 0.169. The Morgan fingerprint density at radius 3 is 3.00 bits per heavy atom. The fourth-order valence-corrected chi connectivity index (χ4v) is 2.98. The van der Waals surface area contributed by atoms with E-state index < -0.39 is 0 Å². The molecule has 2 aromatic heterocycles. The number of methoxy groups -OCH3 is 1. The van der Waals surface area contributed by atoms with Crippen LogP contribution in [0.3, 0.4) is 0 Å². The summed E-state index contributed by atoms with van der Waals surface area (Å²) < 4.78 is 10.9. The lowest BCUT2D eigenvalue weighted by Crippen LogP contribution is -2.10. The lowest BCUT2D eigenvalue weighted by molar-refractivity contribution is 0.102. The highest BCUT2D eigenvalue weighted by atomic mass is 35.5. The van der Waals surface area contributed by atoms with Gasteiger partial charge in [-0.2, -0.15) is 0 Å². The van der Waals surface area contributed by atoms with Gasteiger partial charge in [0, 0.05) is 11.8 Å². The first-order valence-corrected chi connectivity index (χ1v) is 7.06. The smallest absolute Gasteiger partial charge is 0.262 e. The number of rotatable bonds is 3. The van der Waals surface area contributed by atoms with Crippen molar-refractivity contribution in [3.63, 3.8) is 0 Å². The minimum Gasteiger partial charge on any atom is -0.494 e. The third-order valence-corrected chi connectivity index (χ3v) is 4.00. The van der Waals surface area contributed by atoms with Gasteiger partial charge < -0.3 is 14.9 Å². The van der Waals surface area contributed by atoms with E-state index in [1.54, 1.807) is 12.1 Å². The van der Waals surface area contributed by atoms with Crippen LogP contribution in [0.1, 0.15) is 10.4 Å². The number of anilines is 2. The number of nitrogens with two attached hydrogens (primary N) is 1. The van der Waals surface area contributed by atoms with E-state index in [-0.39, 0.29) is 16.7 Å². The summed E-state index contributed by atoms with van der Waals surface area (Å²) in [6, 6.07) is 4.94. The Labute approximate surface area is 128 Å². The van der Waals surface area contributed by atoms with Crippen LogP contribution in [-0.2, 0) is 0 Å². The Hall–Kier alpha value is -2.25. The standard InChI is InChI=1S/C13H10ClN3O3S/c1-19-8-4-6(15)5-9-10(8)16-13(21-9)17-12(18)7-2-3-20-11(7)14/h2-5H,15H2,1H3,(H,16,17,18). The number of furan rings is 1. The topological polar surface area (TPSA) is 90.4 Å². The number of fused-ring (bicyclic) bond motifs is 1. The van der Waals surface area contributed by atoms with Crippen LogP contribution in [0.4, 0.5) is 10.8 Å². The van der Waals surface area contributed by atoms with E-state index in [2.05, 4.69) is 10.3 Å². The van der Waals surface area contributed by atoms with Gasteiger partial charge in [-0.15, -0.1) is 0 Å². The summed E-state index contributed by atoms with van der Waals surface area (Å²) in [7, 11) is 1.54. The Kier molecular flexibility index (Phi) is 3.44. The number of nitrogens with one attached hydrogen (secondary N) is 1. The number of halogens is 1. The highest BCUT2D eigenvalue weighted by Gasteiger charge is 2.16. The van der Waals surface area contributed by atoms with Gasteiger partial charge >= 0.3 is 0 Å². The summed E-state index contributed by atoms with van der Waals surface area (Å²) in [5.41, 5.74) is 7.25. The molecule has 108 valence electrons. The summed E-state index contributed by atoms with van der Waals surface area (Å²) >= 11 is 7.06. The molecule has 3 aromatic rings. The van der Waals surface area contributed by atoms with Gasteiger partial charge in [0.15, 0.2) is 5.13 Å². The van der Waals surface area contributed by atoms with Crippen LogP contribution in [0.15, 0.2) is 28.9 Å². The van der Waals surface area contributed by atoms with Crippen molar-refractivity contribution < 1.29 is 13.9 Å². The van der Waals surface area contributed by atoms with Crippen LogP contribution in [0.5, 0.6) is 5.75 Å². The van der Waals surface area contributed by atoms with Crippen LogP contribution in [0.25, 0.3) is 10.2 Å². The molecule has 0 aliphatic heterocycles. The van der Waals surface area contributed by atoms with Crippen molar-refractivity contribution in [2.75, 3.05) is 18.2 Å². The maximum absolute atomic E-state index is 12.0. The summed E-state index contributed by atoms with van der Waals surface area (Å²) in [6.45, 7) is 0. The van der Waals surface area contributed by atoms with E-state index in [9.17, 15) is 4.79 Å². The zero-order valence-electron chi connectivity index (χ0n) is 10.8. The number of hydrogen-bond acceptors (Lipinski definition) is 6. The number of benzene rings is 1. The predicted molar refractivity (Wildman–Crippen MR) is 82.3 cm³/mol. The predicted octanol–water partition coefficient (Wildman–Crippen LogP) is 3.39. The Morgan fingerprint density at radius 1 is 1.52 bits per heavy atom. The van der Waals surface area contributed by atoms with Gasteiger partial charge in [-0.25, -0.2) is 4.98 Å². The van der Waals surface area contributed by atoms with Gasteiger partial charge in [0.05, 0.1) is 23.6 Å². The van der Waals surface area contributed by atoms with E-state index in [1.165, 1.54) is 30.8 Å². The highest BCUT2D eigenvalue weighted by Crippen LogP contribution is 2.34. The maximum atomic E-state index is 12.0. The molecule has 0 bridgehead atoms. The number of carbonyl (C=O) groups is 1. The van der Waals surface area contributed by atoms with E-state index >= 15 is 0 Å². The van der Waals surface area contributed by atoms with Gasteiger partial charge in [-0.1, -0.05) is 11.3 Å². The lowest BCUT2D eigenvalue weighted by Gasteiger charge is -2.01. The Bertz CT molecular complexity index is 827. The SMILES string of the molecule is COc1cc(N)cc2sc(NC(=O)c3ccoc3Cl)nc12. The first kappa shape index (κ1) is 13.7. The van der Waals surface area contributed by atoms with Crippen molar-refractivity contribution >= 4 is 49.9 Å². The van der Waals surface area contributed by atoms with Gasteiger partial charge in [0.1, 0.15) is 11.3 Å². The molecule has 21 heavy (non-hydrogen) atoms. The third kappa shape index (κ3) is 2.53. The molecule has 0 saturated carbocycles. The number of hydrogen-bond donors (Lipinski definition) is 2. The molecule has 0 saturated heterocycles. The zero-order valence-corrected chi connectivity index (χ0v) is 12.4. The molecule has 0 aliphatic rings. The van der Waals surface area contributed by atoms with E-state index in [0.29, 0.717) is 22.1 Å². The fraction of sp³-hybridized carbons (Fsp3) is 0.0769. The minimum absolute atomic E-state index is 0.0374. The van der Waals surface area contributed by atoms with Gasteiger partial charge in [-0.05, 0) is 23.7 Å². The van der Waals surface area contributed by atoms with Crippen molar-refractivity contribution in [2.24, 2.45) is 0 Å². The second kappa shape index (κ2) is 5.27. The number of amides is 1. The summed E-state index contributed by atoms with van der Waals surface area (Å²) in [5, 5.41) is 3.14. The van der Waals surface area contributed by atoms with E-state index in [0.717, 1.165) is 4.70 Å². The summed E-state index contributed by atoms with van der Waals surface area (Å²) in [6.07, 6.45) is 1.35. The molecule has 0 aliphatic carbocycles. The first-order chi connectivity index (χ1) is 10.1. The third-order valence-electron chi connectivity index (χ3n) is 2.79. The van der Waals surface area contributed by atoms with Crippen molar-refractivity contribution in [2.45, 2.75) is 0 Å². The molecule has 3 rings (SSSR count). The lowest BCUT2D eigenvalue weighted by atomic mass is 10.3. The van der Waals surface area contributed by atoms with Crippen LogP contribution < -0.4 is 15.8 Å². The normalized spacial score (nSPS) is 10.8. The molecule has 0 atom stereocenters. The zero-order chi connectivity index (χ0) is 15.0. The number of carbonyl (C=O) groups excluding carboxylic acids is 1. The van der Waals surface area contributed by atoms with Gasteiger partial charge in [0.2, 0.25) is 5.22 Å². The second-order valence-corrected chi connectivity index (χ2v) is 5.52. The van der Waals surface area contributed by atoms with Crippen LogP contribution in [0.2, 0.25) is 5.22 Å². The number of ether oxygens (including phenoxy) is 1. The molecular weight excluding hydrogens is 314 g/mol. The quantitative estimate of drug-likeness (QED) is 0.721. The molecule has 0 spiro atoms. The Balaban J connectivity index is 1.95. The van der Waals surface area contributed by atoms with Crippen LogP contribution >= 0.6 is 22.9 Å². The monoisotopic (exact) mass is 323 g/mol. The molecule has 6 nitrogen and oxygen atoms in total. The molecule has 0 fully saturated rings. The van der Waals surface area contributed by atoms with Crippen molar-refractivity contribution in [1.82, 2.24) is 4.98 Å². The molecule has 8 heteroatoms. The molecule has 3 N–H and O–H groups in total. The summed E-state index contributed by atoms with van der Waals surface area (Å²) in [4.78, 5) is 16.4. The molecule has 2 heterocycles. The minimum atomic E-state index is -0.389. The molecular formula is C13H10ClN3O3S. The average Bonchev–Trinajstić information content (AvgIpc) is 3.03. The fourth-order valence-electron chi connectivity index (χ4n) is 1.85. The number of aromatic nitrogens is 1. The van der Waals surface area contributed by atoms with E-state index in [4.69, 9.17) is 26.5 Å². The largest absolute Gasteiger partial charge is 0.494 e. The average molecular weight is 324 g/mol. The Morgan fingerprint density at radius 2 is 2.33 bits per heavy atom. The maximum Gasteiger partial charge on any atom is 0.262 e. The number of thiazole rings is 1. The molecule has 0 radical (unpaired) electrons. The number of nitrogen functional groups attached to an aromatic ring is 1. The van der Waals surface area contributed by atoms with Crippen LogP contribution in [-0.4, -0.2) is 18.0 Å².